The first-order valence-corrected chi connectivity index (χ1v) is 8.49. The first-order valence-electron chi connectivity index (χ1n) is 8.11. The van der Waals surface area contributed by atoms with Gasteiger partial charge in [-0.15, -0.1) is 0 Å². The quantitative estimate of drug-likeness (QED) is 0.690. The van der Waals surface area contributed by atoms with Crippen molar-refractivity contribution in [2.45, 2.75) is 20.3 Å². The van der Waals surface area contributed by atoms with Gasteiger partial charge in [0, 0.05) is 23.1 Å². The molecule has 3 rings (SSSR count). The topological polar surface area (TPSA) is 60.7 Å². The summed E-state index contributed by atoms with van der Waals surface area (Å²) >= 11 is 6.23. The molecule has 6 heteroatoms. The summed E-state index contributed by atoms with van der Waals surface area (Å²) in [6, 6.07) is 7.27. The lowest BCUT2D eigenvalue weighted by Gasteiger charge is -2.12. The summed E-state index contributed by atoms with van der Waals surface area (Å²) in [5.41, 5.74) is 4.38. The lowest BCUT2D eigenvalue weighted by atomic mass is 10.0. The van der Waals surface area contributed by atoms with E-state index in [1.54, 1.807) is 18.4 Å². The zero-order chi connectivity index (χ0) is 18.8. The van der Waals surface area contributed by atoms with Crippen LogP contribution in [0.2, 0.25) is 5.02 Å². The molecule has 0 aliphatic heterocycles. The van der Waals surface area contributed by atoms with E-state index >= 15 is 0 Å². The van der Waals surface area contributed by atoms with Crippen LogP contribution >= 0.6 is 11.6 Å². The van der Waals surface area contributed by atoms with Gasteiger partial charge in [0.2, 0.25) is 5.91 Å². The number of amides is 1. The standard InChI is InChI=1S/C20H20ClNO4/c1-11-5-14-13(10-26-17(14)6-12(11)2)7-20(23)22-16-9-19(25-4)18(24-3)8-15(16)21/h5-6,8-10H,7H2,1-4H3,(H,22,23). The molecule has 0 saturated heterocycles. The molecule has 1 N–H and O–H groups in total. The number of methoxy groups -OCH3 is 2. The van der Waals surface area contributed by atoms with Crippen LogP contribution in [0.5, 0.6) is 11.5 Å². The lowest BCUT2D eigenvalue weighted by molar-refractivity contribution is -0.115. The number of rotatable bonds is 5. The summed E-state index contributed by atoms with van der Waals surface area (Å²) in [5.74, 6) is 0.800. The van der Waals surface area contributed by atoms with E-state index in [0.29, 0.717) is 22.2 Å². The SMILES string of the molecule is COc1cc(Cl)c(NC(=O)Cc2coc3cc(C)c(C)cc23)cc1OC. The molecule has 2 aromatic carbocycles. The summed E-state index contributed by atoms with van der Waals surface area (Å²) < 4.78 is 16.0. The fourth-order valence-electron chi connectivity index (χ4n) is 2.79. The third-order valence-electron chi connectivity index (χ3n) is 4.37. The number of carbonyl (C=O) groups is 1. The molecule has 3 aromatic rings. The maximum Gasteiger partial charge on any atom is 0.228 e. The Morgan fingerprint density at radius 1 is 1.08 bits per heavy atom. The fourth-order valence-corrected chi connectivity index (χ4v) is 2.99. The molecular weight excluding hydrogens is 354 g/mol. The van der Waals surface area contributed by atoms with Crippen molar-refractivity contribution in [1.29, 1.82) is 0 Å². The second-order valence-corrected chi connectivity index (χ2v) is 6.51. The number of hydrogen-bond acceptors (Lipinski definition) is 4. The average Bonchev–Trinajstić information content (AvgIpc) is 2.98. The van der Waals surface area contributed by atoms with Gasteiger partial charge in [0.15, 0.2) is 11.5 Å². The highest BCUT2D eigenvalue weighted by Crippen LogP contribution is 2.36. The maximum absolute atomic E-state index is 12.5. The zero-order valence-corrected chi connectivity index (χ0v) is 15.9. The normalized spacial score (nSPS) is 10.8. The number of nitrogens with one attached hydrogen (secondary N) is 1. The van der Waals surface area contributed by atoms with Gasteiger partial charge >= 0.3 is 0 Å². The van der Waals surface area contributed by atoms with E-state index in [1.165, 1.54) is 14.2 Å². The van der Waals surface area contributed by atoms with Crippen LogP contribution in [0.25, 0.3) is 11.0 Å². The summed E-state index contributed by atoms with van der Waals surface area (Å²) in [6.45, 7) is 4.07. The third-order valence-corrected chi connectivity index (χ3v) is 4.68. The first-order chi connectivity index (χ1) is 12.4. The van der Waals surface area contributed by atoms with Crippen LogP contribution < -0.4 is 14.8 Å². The molecular formula is C20H20ClNO4. The number of anilines is 1. The van der Waals surface area contributed by atoms with Crippen molar-refractivity contribution in [2.75, 3.05) is 19.5 Å². The number of aryl methyl sites for hydroxylation is 2. The van der Waals surface area contributed by atoms with Crippen LogP contribution in [0.1, 0.15) is 16.7 Å². The Bertz CT molecular complexity index is 978. The predicted octanol–water partition coefficient (Wildman–Crippen LogP) is 4.90. The minimum absolute atomic E-state index is 0.181. The number of halogens is 1. The Labute approximate surface area is 156 Å². The largest absolute Gasteiger partial charge is 0.493 e. The van der Waals surface area contributed by atoms with Crippen LogP contribution in [0.4, 0.5) is 5.69 Å². The number of furan rings is 1. The van der Waals surface area contributed by atoms with E-state index in [1.807, 2.05) is 26.0 Å². The molecule has 136 valence electrons. The molecule has 0 aliphatic carbocycles. The van der Waals surface area contributed by atoms with Crippen molar-refractivity contribution in [3.05, 3.63) is 52.2 Å². The summed E-state index contributed by atoms with van der Waals surface area (Å²) in [4.78, 5) is 12.5. The third kappa shape index (κ3) is 3.48. The van der Waals surface area contributed by atoms with E-state index in [2.05, 4.69) is 5.32 Å². The van der Waals surface area contributed by atoms with Crippen LogP contribution in [0, 0.1) is 13.8 Å². The molecule has 0 bridgehead atoms. The summed E-state index contributed by atoms with van der Waals surface area (Å²) in [7, 11) is 3.06. The molecule has 26 heavy (non-hydrogen) atoms. The molecule has 1 amide bonds. The zero-order valence-electron chi connectivity index (χ0n) is 15.1. The van der Waals surface area contributed by atoms with E-state index in [-0.39, 0.29) is 12.3 Å². The monoisotopic (exact) mass is 373 g/mol. The smallest absolute Gasteiger partial charge is 0.228 e. The van der Waals surface area contributed by atoms with E-state index in [0.717, 1.165) is 27.7 Å². The van der Waals surface area contributed by atoms with Gasteiger partial charge in [-0.3, -0.25) is 4.79 Å². The van der Waals surface area contributed by atoms with Crippen LogP contribution in [0.3, 0.4) is 0 Å². The van der Waals surface area contributed by atoms with Gasteiger partial charge in [0.1, 0.15) is 5.58 Å². The lowest BCUT2D eigenvalue weighted by Crippen LogP contribution is -2.14. The molecule has 1 aromatic heterocycles. The van der Waals surface area contributed by atoms with Gasteiger partial charge < -0.3 is 19.2 Å². The first kappa shape index (κ1) is 18.1. The van der Waals surface area contributed by atoms with Crippen molar-refractivity contribution in [3.8, 4) is 11.5 Å². The number of ether oxygens (including phenoxy) is 2. The molecule has 0 saturated carbocycles. The average molecular weight is 374 g/mol. The van der Waals surface area contributed by atoms with Crippen molar-refractivity contribution < 1.29 is 18.7 Å². The minimum Gasteiger partial charge on any atom is -0.493 e. The molecule has 0 unspecified atom stereocenters. The number of benzene rings is 2. The van der Waals surface area contributed by atoms with Gasteiger partial charge in [0.25, 0.3) is 0 Å². The van der Waals surface area contributed by atoms with Crippen LogP contribution in [-0.4, -0.2) is 20.1 Å². The second-order valence-electron chi connectivity index (χ2n) is 6.11. The molecule has 0 radical (unpaired) electrons. The number of hydrogen-bond donors (Lipinski definition) is 1. The Morgan fingerprint density at radius 3 is 2.42 bits per heavy atom. The van der Waals surface area contributed by atoms with Gasteiger partial charge in [0.05, 0.1) is 37.6 Å². The van der Waals surface area contributed by atoms with Gasteiger partial charge in [-0.05, 0) is 37.1 Å². The molecule has 5 nitrogen and oxygen atoms in total. The second kappa shape index (κ2) is 7.30. The molecule has 0 spiro atoms. The van der Waals surface area contributed by atoms with Crippen molar-refractivity contribution in [2.24, 2.45) is 0 Å². The van der Waals surface area contributed by atoms with Gasteiger partial charge in [-0.25, -0.2) is 0 Å². The van der Waals surface area contributed by atoms with E-state index in [4.69, 9.17) is 25.5 Å². The highest BCUT2D eigenvalue weighted by Gasteiger charge is 2.15. The number of fused-ring (bicyclic) bond motifs is 1. The Kier molecular flexibility index (Phi) is 5.09. The van der Waals surface area contributed by atoms with E-state index in [9.17, 15) is 4.79 Å². The Hall–Kier alpha value is -2.66. The van der Waals surface area contributed by atoms with Crippen molar-refractivity contribution in [3.63, 3.8) is 0 Å². The van der Waals surface area contributed by atoms with Gasteiger partial charge in [-0.1, -0.05) is 11.6 Å². The van der Waals surface area contributed by atoms with Crippen molar-refractivity contribution >= 4 is 34.2 Å². The minimum atomic E-state index is -0.194. The number of carbonyl (C=O) groups excluding carboxylic acids is 1. The maximum atomic E-state index is 12.5. The Morgan fingerprint density at radius 2 is 1.73 bits per heavy atom. The van der Waals surface area contributed by atoms with E-state index < -0.39 is 0 Å². The molecule has 0 atom stereocenters. The molecule has 0 aliphatic rings. The molecule has 0 fully saturated rings. The predicted molar refractivity (Wildman–Crippen MR) is 103 cm³/mol. The summed E-state index contributed by atoms with van der Waals surface area (Å²) in [6.07, 6.45) is 1.81. The van der Waals surface area contributed by atoms with Gasteiger partial charge in [-0.2, -0.15) is 0 Å². The van der Waals surface area contributed by atoms with Crippen molar-refractivity contribution in [1.82, 2.24) is 0 Å². The van der Waals surface area contributed by atoms with Crippen LogP contribution in [-0.2, 0) is 11.2 Å². The van der Waals surface area contributed by atoms with Crippen LogP contribution in [0.15, 0.2) is 34.9 Å². The highest BCUT2D eigenvalue weighted by atomic mass is 35.5. The Balaban J connectivity index is 1.83. The fraction of sp³-hybridized carbons (Fsp3) is 0.250. The molecule has 1 heterocycles. The summed E-state index contributed by atoms with van der Waals surface area (Å²) in [5, 5.41) is 4.14. The highest BCUT2D eigenvalue weighted by molar-refractivity contribution is 6.34.